The van der Waals surface area contributed by atoms with Crippen LogP contribution in [0.1, 0.15) is 49.4 Å². The molecular weight excluding hydrogens is 586 g/mol. The third-order valence-corrected chi connectivity index (χ3v) is 8.42. The smallest absolute Gasteiger partial charge is 0.415 e. The number of carbonyl (C=O) groups is 4. The first-order valence-corrected chi connectivity index (χ1v) is 15.5. The number of aliphatic carboxylic acids is 1. The Balaban J connectivity index is 1.46. The number of carbonyl (C=O) groups excluding carboxylic acids is 3. The second kappa shape index (κ2) is 13.6. The molecule has 10 nitrogen and oxygen atoms in total. The summed E-state index contributed by atoms with van der Waals surface area (Å²) in [7, 11) is 1.58. The molecule has 0 bridgehead atoms. The Morgan fingerprint density at radius 1 is 0.891 bits per heavy atom. The van der Waals surface area contributed by atoms with E-state index in [1.165, 1.54) is 9.80 Å². The van der Waals surface area contributed by atoms with Crippen molar-refractivity contribution < 1.29 is 33.8 Å². The van der Waals surface area contributed by atoms with Crippen molar-refractivity contribution in [3.05, 3.63) is 95.1 Å². The summed E-state index contributed by atoms with van der Waals surface area (Å²) < 4.78 is 11.3. The van der Waals surface area contributed by atoms with Crippen LogP contribution in [-0.4, -0.2) is 76.7 Å². The Kier molecular flexibility index (Phi) is 9.65. The standard InChI is InChI=1S/C36H41N3O7/c1-36(2,3)46-35(44)39-29-15-9-7-13-26(29)20-30(39)34(43)37(18-17-24-11-8-10-16-31(24)45-4)23-32(40)38-22-27-14-6-5-12-25(27)19-28(38)21-33(41)42/h5-16,28,30H,17-23H2,1-4H3,(H,41,42)/t28-,30-/m1/s1. The van der Waals surface area contributed by atoms with Gasteiger partial charge in [0, 0.05) is 25.6 Å². The molecule has 0 aromatic heterocycles. The summed E-state index contributed by atoms with van der Waals surface area (Å²) in [5, 5.41) is 9.67. The zero-order valence-corrected chi connectivity index (χ0v) is 26.8. The number of amides is 3. The van der Waals surface area contributed by atoms with Crippen LogP contribution in [0.15, 0.2) is 72.8 Å². The van der Waals surface area contributed by atoms with Gasteiger partial charge in [-0.05, 0) is 68.0 Å². The highest BCUT2D eigenvalue weighted by Gasteiger charge is 2.43. The van der Waals surface area contributed by atoms with E-state index >= 15 is 0 Å². The fourth-order valence-electron chi connectivity index (χ4n) is 6.28. The van der Waals surface area contributed by atoms with E-state index in [2.05, 4.69) is 0 Å². The van der Waals surface area contributed by atoms with E-state index in [0.717, 1.165) is 22.3 Å². The molecule has 1 N–H and O–H groups in total. The topological polar surface area (TPSA) is 117 Å². The monoisotopic (exact) mass is 627 g/mol. The van der Waals surface area contributed by atoms with Crippen LogP contribution in [0.25, 0.3) is 0 Å². The fourth-order valence-corrected chi connectivity index (χ4v) is 6.28. The van der Waals surface area contributed by atoms with Crippen molar-refractivity contribution in [1.29, 1.82) is 0 Å². The fraction of sp³-hybridized carbons (Fsp3) is 0.389. The van der Waals surface area contributed by atoms with Gasteiger partial charge in [-0.2, -0.15) is 0 Å². The van der Waals surface area contributed by atoms with Crippen molar-refractivity contribution in [2.45, 2.75) is 70.7 Å². The first-order chi connectivity index (χ1) is 21.9. The molecule has 3 aromatic rings. The molecule has 0 spiro atoms. The Labute approximate surface area is 269 Å². The van der Waals surface area contributed by atoms with E-state index in [1.54, 1.807) is 38.8 Å². The first kappa shape index (κ1) is 32.5. The number of carboxylic acids is 1. The van der Waals surface area contributed by atoms with Crippen LogP contribution in [0, 0.1) is 0 Å². The first-order valence-electron chi connectivity index (χ1n) is 15.5. The largest absolute Gasteiger partial charge is 0.496 e. The number of rotatable bonds is 9. The van der Waals surface area contributed by atoms with Crippen LogP contribution >= 0.6 is 0 Å². The average molecular weight is 628 g/mol. The number of fused-ring (bicyclic) bond motifs is 2. The van der Waals surface area contributed by atoms with E-state index in [9.17, 15) is 24.3 Å². The Bertz CT molecular complexity index is 1610. The molecule has 242 valence electrons. The summed E-state index contributed by atoms with van der Waals surface area (Å²) in [6.07, 6.45) is 0.233. The molecule has 3 amide bonds. The highest BCUT2D eigenvalue weighted by molar-refractivity contribution is 6.01. The van der Waals surface area contributed by atoms with Crippen LogP contribution in [0.2, 0.25) is 0 Å². The van der Waals surface area contributed by atoms with Gasteiger partial charge in [-0.3, -0.25) is 19.3 Å². The molecular formula is C36H41N3O7. The lowest BCUT2D eigenvalue weighted by atomic mass is 9.92. The molecule has 0 fully saturated rings. The molecule has 0 saturated carbocycles. The van der Waals surface area contributed by atoms with Gasteiger partial charge in [0.05, 0.1) is 25.8 Å². The molecule has 2 aliphatic rings. The quantitative estimate of drug-likeness (QED) is 0.360. The maximum atomic E-state index is 14.5. The van der Waals surface area contributed by atoms with Crippen molar-refractivity contribution in [3.63, 3.8) is 0 Å². The molecule has 2 aliphatic heterocycles. The normalized spacial score (nSPS) is 17.1. The van der Waals surface area contributed by atoms with Crippen LogP contribution in [0.5, 0.6) is 5.75 Å². The number of carboxylic acid groups (broad SMARTS) is 1. The molecule has 3 aromatic carbocycles. The second-order valence-corrected chi connectivity index (χ2v) is 12.8. The van der Waals surface area contributed by atoms with Crippen molar-refractivity contribution in [3.8, 4) is 5.75 Å². The van der Waals surface area contributed by atoms with Crippen molar-refractivity contribution in [2.24, 2.45) is 0 Å². The van der Waals surface area contributed by atoms with Crippen molar-refractivity contribution >= 4 is 29.6 Å². The van der Waals surface area contributed by atoms with E-state index in [1.807, 2.05) is 66.7 Å². The minimum atomic E-state index is -0.997. The minimum Gasteiger partial charge on any atom is -0.496 e. The van der Waals surface area contributed by atoms with E-state index in [-0.39, 0.29) is 38.4 Å². The number of benzene rings is 3. The predicted molar refractivity (Wildman–Crippen MR) is 173 cm³/mol. The maximum absolute atomic E-state index is 14.5. The lowest BCUT2D eigenvalue weighted by Gasteiger charge is -2.38. The second-order valence-electron chi connectivity index (χ2n) is 12.8. The van der Waals surface area contributed by atoms with Gasteiger partial charge < -0.3 is 24.4 Å². The highest BCUT2D eigenvalue weighted by atomic mass is 16.6. The molecule has 46 heavy (non-hydrogen) atoms. The third-order valence-electron chi connectivity index (χ3n) is 8.42. The highest BCUT2D eigenvalue weighted by Crippen LogP contribution is 2.35. The van der Waals surface area contributed by atoms with E-state index in [0.29, 0.717) is 24.3 Å². The van der Waals surface area contributed by atoms with Crippen LogP contribution in [0.3, 0.4) is 0 Å². The lowest BCUT2D eigenvalue weighted by Crippen LogP contribution is -2.55. The molecule has 2 atom stereocenters. The average Bonchev–Trinajstić information content (AvgIpc) is 3.41. The van der Waals surface area contributed by atoms with Gasteiger partial charge in [-0.25, -0.2) is 4.79 Å². The lowest BCUT2D eigenvalue weighted by molar-refractivity contribution is -0.145. The Hall–Kier alpha value is -4.86. The molecule has 10 heteroatoms. The van der Waals surface area contributed by atoms with Gasteiger partial charge in [-0.15, -0.1) is 0 Å². The van der Waals surface area contributed by atoms with E-state index in [4.69, 9.17) is 9.47 Å². The Morgan fingerprint density at radius 3 is 2.24 bits per heavy atom. The summed E-state index contributed by atoms with van der Waals surface area (Å²) in [5.41, 5.74) is 3.47. The zero-order chi connectivity index (χ0) is 33.0. The van der Waals surface area contributed by atoms with Crippen LogP contribution < -0.4 is 9.64 Å². The molecule has 5 rings (SSSR count). The summed E-state index contributed by atoms with van der Waals surface area (Å²) in [6, 6.07) is 21.0. The van der Waals surface area contributed by atoms with Gasteiger partial charge in [0.25, 0.3) is 0 Å². The summed E-state index contributed by atoms with van der Waals surface area (Å²) >= 11 is 0. The van der Waals surface area contributed by atoms with Gasteiger partial charge in [-0.1, -0.05) is 60.7 Å². The molecule has 0 unspecified atom stereocenters. The number of hydrogen-bond donors (Lipinski definition) is 1. The van der Waals surface area contributed by atoms with Gasteiger partial charge >= 0.3 is 12.1 Å². The number of ether oxygens (including phenoxy) is 2. The molecule has 0 aliphatic carbocycles. The SMILES string of the molecule is COc1ccccc1CCN(CC(=O)N1Cc2ccccc2C[C@@H]1CC(=O)O)C(=O)[C@H]1Cc2ccccc2N1C(=O)OC(C)(C)C. The predicted octanol–water partition coefficient (Wildman–Crippen LogP) is 4.86. The summed E-state index contributed by atoms with van der Waals surface area (Å²) in [5.74, 6) is -1.08. The summed E-state index contributed by atoms with van der Waals surface area (Å²) in [6.45, 7) is 5.46. The van der Waals surface area contributed by atoms with Gasteiger partial charge in [0.1, 0.15) is 17.4 Å². The van der Waals surface area contributed by atoms with E-state index < -0.39 is 35.7 Å². The minimum absolute atomic E-state index is 0.175. The number of nitrogens with zero attached hydrogens (tertiary/aromatic N) is 3. The number of hydrogen-bond acceptors (Lipinski definition) is 6. The summed E-state index contributed by atoms with van der Waals surface area (Å²) in [4.78, 5) is 58.4. The molecule has 0 radical (unpaired) electrons. The number of para-hydroxylation sites is 2. The number of anilines is 1. The van der Waals surface area contributed by atoms with Gasteiger partial charge in [0.2, 0.25) is 11.8 Å². The molecule has 2 heterocycles. The third kappa shape index (κ3) is 7.33. The maximum Gasteiger partial charge on any atom is 0.415 e. The van der Waals surface area contributed by atoms with Crippen molar-refractivity contribution in [2.75, 3.05) is 25.1 Å². The number of methoxy groups -OCH3 is 1. The molecule has 0 saturated heterocycles. The van der Waals surface area contributed by atoms with Crippen molar-refractivity contribution in [1.82, 2.24) is 9.80 Å². The van der Waals surface area contributed by atoms with Crippen LogP contribution in [-0.2, 0) is 44.9 Å². The Morgan fingerprint density at radius 2 is 1.54 bits per heavy atom. The zero-order valence-electron chi connectivity index (χ0n) is 26.8. The van der Waals surface area contributed by atoms with Crippen LogP contribution in [0.4, 0.5) is 10.5 Å². The van der Waals surface area contributed by atoms with Gasteiger partial charge in [0.15, 0.2) is 0 Å².